The molecule has 1 aromatic rings. The Kier molecular flexibility index (Phi) is 5.99. The van der Waals surface area contributed by atoms with Crippen LogP contribution in [0.1, 0.15) is 56.3 Å². The number of hydrogen-bond acceptors (Lipinski definition) is 5. The quantitative estimate of drug-likeness (QED) is 0.750. The van der Waals surface area contributed by atoms with Gasteiger partial charge in [0.25, 0.3) is 0 Å². The van der Waals surface area contributed by atoms with Crippen LogP contribution in [0.2, 0.25) is 0 Å². The van der Waals surface area contributed by atoms with Crippen LogP contribution in [-0.2, 0) is 19.5 Å². The van der Waals surface area contributed by atoms with Crippen LogP contribution in [0.15, 0.2) is 29.2 Å². The topological polar surface area (TPSA) is 72.9 Å². The van der Waals surface area contributed by atoms with Crippen LogP contribution in [0.3, 0.4) is 0 Å². The Morgan fingerprint density at radius 3 is 2.19 bits per heavy atom. The van der Waals surface area contributed by atoms with Gasteiger partial charge in [0.2, 0.25) is 10.0 Å². The fourth-order valence-electron chi connectivity index (χ4n) is 3.64. The molecule has 1 aliphatic carbocycles. The van der Waals surface area contributed by atoms with E-state index in [-0.39, 0.29) is 29.2 Å². The standard InChI is InChI=1S/C19H27NO5S/c1-14-12-20(13-15(2)24-14)26(22,23)18-10-8-16(9-11-18)19(21)25-17-6-4-3-5-7-17/h8-11,14-15,17H,3-7,12-13H2,1-2H3/t14-,15-/m0/s1. The Morgan fingerprint density at radius 1 is 1.04 bits per heavy atom. The number of benzene rings is 1. The van der Waals surface area contributed by atoms with Gasteiger partial charge in [-0.25, -0.2) is 13.2 Å². The molecule has 1 saturated heterocycles. The Balaban J connectivity index is 1.69. The average molecular weight is 381 g/mol. The molecule has 7 heteroatoms. The van der Waals surface area contributed by atoms with Crippen LogP contribution in [0.5, 0.6) is 0 Å². The first-order valence-electron chi connectivity index (χ1n) is 9.33. The number of rotatable bonds is 4. The molecule has 0 unspecified atom stereocenters. The summed E-state index contributed by atoms with van der Waals surface area (Å²) >= 11 is 0. The number of carbonyl (C=O) groups is 1. The highest BCUT2D eigenvalue weighted by atomic mass is 32.2. The van der Waals surface area contributed by atoms with Crippen molar-refractivity contribution in [3.05, 3.63) is 29.8 Å². The van der Waals surface area contributed by atoms with Crippen molar-refractivity contribution in [2.45, 2.75) is 69.2 Å². The Bertz CT molecular complexity index is 715. The molecular weight excluding hydrogens is 354 g/mol. The average Bonchev–Trinajstić information content (AvgIpc) is 2.62. The predicted molar refractivity (Wildman–Crippen MR) is 97.5 cm³/mol. The molecule has 2 fully saturated rings. The summed E-state index contributed by atoms with van der Waals surface area (Å²) in [4.78, 5) is 12.5. The number of esters is 1. The van der Waals surface area contributed by atoms with Crippen LogP contribution in [0.4, 0.5) is 0 Å². The van der Waals surface area contributed by atoms with E-state index in [1.165, 1.54) is 35.0 Å². The number of ether oxygens (including phenoxy) is 2. The second-order valence-corrected chi connectivity index (χ2v) is 9.21. The third kappa shape index (κ3) is 4.45. The summed E-state index contributed by atoms with van der Waals surface area (Å²) in [6.45, 7) is 4.39. The molecule has 0 amide bonds. The van der Waals surface area contributed by atoms with Crippen molar-refractivity contribution < 1.29 is 22.7 Å². The summed E-state index contributed by atoms with van der Waals surface area (Å²) in [6.07, 6.45) is 4.89. The Hall–Kier alpha value is -1.44. The molecule has 3 rings (SSSR count). The minimum atomic E-state index is -3.60. The van der Waals surface area contributed by atoms with Gasteiger partial charge >= 0.3 is 5.97 Å². The van der Waals surface area contributed by atoms with Gasteiger partial charge in [-0.1, -0.05) is 6.42 Å². The molecule has 1 heterocycles. The van der Waals surface area contributed by atoms with E-state index in [1.54, 1.807) is 0 Å². The summed E-state index contributed by atoms with van der Waals surface area (Å²) in [5.74, 6) is -0.380. The highest BCUT2D eigenvalue weighted by molar-refractivity contribution is 7.89. The van der Waals surface area contributed by atoms with Gasteiger partial charge in [0.15, 0.2) is 0 Å². The molecule has 6 nitrogen and oxygen atoms in total. The van der Waals surface area contributed by atoms with E-state index in [9.17, 15) is 13.2 Å². The summed E-state index contributed by atoms with van der Waals surface area (Å²) in [5, 5.41) is 0. The molecule has 1 saturated carbocycles. The minimum absolute atomic E-state index is 0.0176. The van der Waals surface area contributed by atoms with Crippen molar-refractivity contribution in [2.75, 3.05) is 13.1 Å². The first-order valence-corrected chi connectivity index (χ1v) is 10.8. The number of nitrogens with zero attached hydrogens (tertiary/aromatic N) is 1. The maximum Gasteiger partial charge on any atom is 0.338 e. The summed E-state index contributed by atoms with van der Waals surface area (Å²) in [5.41, 5.74) is 0.387. The lowest BCUT2D eigenvalue weighted by molar-refractivity contribution is -0.0440. The SMILES string of the molecule is C[C@H]1CN(S(=O)(=O)c2ccc(C(=O)OC3CCCCC3)cc2)C[C@H](C)O1. The van der Waals surface area contributed by atoms with Crippen LogP contribution in [-0.4, -0.2) is 50.1 Å². The summed E-state index contributed by atoms with van der Waals surface area (Å²) in [7, 11) is -3.60. The van der Waals surface area contributed by atoms with E-state index in [0.717, 1.165) is 25.7 Å². The molecule has 0 bridgehead atoms. The zero-order chi connectivity index (χ0) is 18.7. The zero-order valence-electron chi connectivity index (χ0n) is 15.4. The number of hydrogen-bond donors (Lipinski definition) is 0. The summed E-state index contributed by atoms with van der Waals surface area (Å²) < 4.78 is 38.2. The van der Waals surface area contributed by atoms with Crippen LogP contribution in [0, 0.1) is 0 Å². The van der Waals surface area contributed by atoms with Gasteiger partial charge < -0.3 is 9.47 Å². The maximum absolute atomic E-state index is 12.8. The van der Waals surface area contributed by atoms with Gasteiger partial charge in [-0.3, -0.25) is 0 Å². The molecule has 1 aliphatic heterocycles. The first-order chi connectivity index (χ1) is 12.4. The normalized spacial score (nSPS) is 25.8. The number of carbonyl (C=O) groups excluding carboxylic acids is 1. The molecule has 0 radical (unpaired) electrons. The molecule has 26 heavy (non-hydrogen) atoms. The molecule has 2 aliphatic rings. The fourth-order valence-corrected chi connectivity index (χ4v) is 5.23. The zero-order valence-corrected chi connectivity index (χ0v) is 16.2. The molecule has 0 aromatic heterocycles. The Labute approximate surface area is 155 Å². The van der Waals surface area contributed by atoms with Crippen molar-refractivity contribution >= 4 is 16.0 Å². The van der Waals surface area contributed by atoms with Gasteiger partial charge in [0.05, 0.1) is 22.7 Å². The van der Waals surface area contributed by atoms with E-state index in [4.69, 9.17) is 9.47 Å². The van der Waals surface area contributed by atoms with Crippen molar-refractivity contribution in [3.8, 4) is 0 Å². The van der Waals surface area contributed by atoms with E-state index in [2.05, 4.69) is 0 Å². The third-order valence-electron chi connectivity index (χ3n) is 4.94. The van der Waals surface area contributed by atoms with Gasteiger partial charge in [0, 0.05) is 13.1 Å². The minimum Gasteiger partial charge on any atom is -0.459 e. The van der Waals surface area contributed by atoms with Crippen molar-refractivity contribution in [3.63, 3.8) is 0 Å². The monoisotopic (exact) mass is 381 g/mol. The van der Waals surface area contributed by atoms with Gasteiger partial charge in [-0.2, -0.15) is 4.31 Å². The van der Waals surface area contributed by atoms with Crippen molar-refractivity contribution in [1.82, 2.24) is 4.31 Å². The van der Waals surface area contributed by atoms with Crippen molar-refractivity contribution in [1.29, 1.82) is 0 Å². The Morgan fingerprint density at radius 2 is 1.62 bits per heavy atom. The third-order valence-corrected chi connectivity index (χ3v) is 6.79. The molecular formula is C19H27NO5S. The highest BCUT2D eigenvalue weighted by Gasteiger charge is 2.32. The molecule has 2 atom stereocenters. The largest absolute Gasteiger partial charge is 0.459 e. The van der Waals surface area contributed by atoms with E-state index in [0.29, 0.717) is 18.7 Å². The fraction of sp³-hybridized carbons (Fsp3) is 0.632. The van der Waals surface area contributed by atoms with Crippen LogP contribution < -0.4 is 0 Å². The smallest absolute Gasteiger partial charge is 0.338 e. The molecule has 0 spiro atoms. The van der Waals surface area contributed by atoms with Crippen LogP contribution in [0.25, 0.3) is 0 Å². The summed E-state index contributed by atoms with van der Waals surface area (Å²) in [6, 6.07) is 6.03. The van der Waals surface area contributed by atoms with E-state index in [1.807, 2.05) is 13.8 Å². The van der Waals surface area contributed by atoms with Gasteiger partial charge in [-0.05, 0) is 63.8 Å². The van der Waals surface area contributed by atoms with Crippen LogP contribution >= 0.6 is 0 Å². The van der Waals surface area contributed by atoms with Gasteiger partial charge in [0.1, 0.15) is 6.10 Å². The van der Waals surface area contributed by atoms with E-state index >= 15 is 0 Å². The predicted octanol–water partition coefficient (Wildman–Crippen LogP) is 2.97. The van der Waals surface area contributed by atoms with E-state index < -0.39 is 10.0 Å². The lowest BCUT2D eigenvalue weighted by Crippen LogP contribution is -2.48. The second kappa shape index (κ2) is 8.06. The molecule has 0 N–H and O–H groups in total. The van der Waals surface area contributed by atoms with Gasteiger partial charge in [-0.15, -0.1) is 0 Å². The second-order valence-electron chi connectivity index (χ2n) is 7.27. The lowest BCUT2D eigenvalue weighted by atomic mass is 9.98. The van der Waals surface area contributed by atoms with Crippen molar-refractivity contribution in [2.24, 2.45) is 0 Å². The number of sulfonamides is 1. The highest BCUT2D eigenvalue weighted by Crippen LogP contribution is 2.23. The molecule has 144 valence electrons. The first kappa shape index (κ1) is 19.3. The molecule has 1 aromatic carbocycles. The lowest BCUT2D eigenvalue weighted by Gasteiger charge is -2.34. The maximum atomic E-state index is 12.8. The number of morpholine rings is 1.